The second-order valence-corrected chi connectivity index (χ2v) is 4.56. The highest BCUT2D eigenvalue weighted by Gasteiger charge is 2.29. The summed E-state index contributed by atoms with van der Waals surface area (Å²) in [6.07, 6.45) is 2.76. The number of hydrogen-bond donors (Lipinski definition) is 1. The zero-order valence-corrected chi connectivity index (χ0v) is 9.21. The maximum Gasteiger partial charge on any atom is 0.159 e. The number of hydrogen-bond acceptors (Lipinski definition) is 2. The van der Waals surface area contributed by atoms with Crippen LogP contribution in [0.15, 0.2) is 18.2 Å². The number of fused-ring (bicyclic) bond motifs is 1. The number of ketones is 1. The molecule has 0 fully saturated rings. The van der Waals surface area contributed by atoms with Crippen LogP contribution in [-0.4, -0.2) is 10.9 Å². The minimum atomic E-state index is -0.719. The monoisotopic (exact) mass is 204 g/mol. The molecule has 1 atom stereocenters. The Balaban J connectivity index is 2.50. The molecular weight excluding hydrogens is 188 g/mol. The van der Waals surface area contributed by atoms with Gasteiger partial charge in [-0.1, -0.05) is 12.1 Å². The van der Waals surface area contributed by atoms with E-state index < -0.39 is 5.60 Å². The summed E-state index contributed by atoms with van der Waals surface area (Å²) in [4.78, 5) is 11.2. The molecule has 2 rings (SSSR count). The molecule has 1 aliphatic rings. The van der Waals surface area contributed by atoms with Crippen LogP contribution >= 0.6 is 0 Å². The van der Waals surface area contributed by atoms with Crippen LogP contribution < -0.4 is 0 Å². The zero-order chi connectivity index (χ0) is 11.1. The van der Waals surface area contributed by atoms with Crippen molar-refractivity contribution < 1.29 is 9.90 Å². The molecule has 0 unspecified atom stereocenters. The quantitative estimate of drug-likeness (QED) is 0.713. The Kier molecular flexibility index (Phi) is 2.39. The van der Waals surface area contributed by atoms with E-state index in [0.29, 0.717) is 0 Å². The fraction of sp³-hybridized carbons (Fsp3) is 0.462. The first-order chi connectivity index (χ1) is 7.00. The predicted molar refractivity (Wildman–Crippen MR) is 59.0 cm³/mol. The first kappa shape index (κ1) is 10.4. The predicted octanol–water partition coefficient (Wildman–Crippen LogP) is 2.43. The van der Waals surface area contributed by atoms with E-state index in [9.17, 15) is 9.90 Å². The highest BCUT2D eigenvalue weighted by molar-refractivity contribution is 5.94. The van der Waals surface area contributed by atoms with Crippen LogP contribution in [0, 0.1) is 0 Å². The van der Waals surface area contributed by atoms with E-state index in [0.717, 1.165) is 36.0 Å². The van der Waals surface area contributed by atoms with Crippen molar-refractivity contribution in [3.63, 3.8) is 0 Å². The van der Waals surface area contributed by atoms with Crippen LogP contribution in [0.4, 0.5) is 0 Å². The molecule has 80 valence electrons. The lowest BCUT2D eigenvalue weighted by atomic mass is 9.79. The van der Waals surface area contributed by atoms with E-state index >= 15 is 0 Å². The topological polar surface area (TPSA) is 37.3 Å². The number of carbonyl (C=O) groups excluding carboxylic acids is 1. The van der Waals surface area contributed by atoms with Gasteiger partial charge in [0.2, 0.25) is 0 Å². The molecule has 0 spiro atoms. The number of aryl methyl sites for hydroxylation is 1. The molecular formula is C13H16O2. The van der Waals surface area contributed by atoms with Gasteiger partial charge in [0.25, 0.3) is 0 Å². The van der Waals surface area contributed by atoms with Crippen LogP contribution in [0.25, 0.3) is 0 Å². The lowest BCUT2D eigenvalue weighted by Crippen LogP contribution is -2.27. The number of aliphatic hydroxyl groups is 1. The first-order valence-electron chi connectivity index (χ1n) is 5.37. The maximum absolute atomic E-state index is 11.2. The number of benzene rings is 1. The molecule has 1 aliphatic carbocycles. The fourth-order valence-corrected chi connectivity index (χ4v) is 2.30. The summed E-state index contributed by atoms with van der Waals surface area (Å²) in [5, 5.41) is 10.2. The summed E-state index contributed by atoms with van der Waals surface area (Å²) in [6.45, 7) is 3.42. The van der Waals surface area contributed by atoms with Gasteiger partial charge in [-0.3, -0.25) is 4.79 Å². The van der Waals surface area contributed by atoms with Crippen molar-refractivity contribution in [2.24, 2.45) is 0 Å². The van der Waals surface area contributed by atoms with Gasteiger partial charge in [-0.25, -0.2) is 0 Å². The van der Waals surface area contributed by atoms with Crippen LogP contribution in [0.2, 0.25) is 0 Å². The summed E-state index contributed by atoms with van der Waals surface area (Å²) in [6, 6.07) is 5.62. The molecule has 0 saturated heterocycles. The molecule has 1 N–H and O–H groups in total. The summed E-state index contributed by atoms with van der Waals surface area (Å²) in [7, 11) is 0. The van der Waals surface area contributed by atoms with E-state index in [1.807, 2.05) is 19.1 Å². The average molecular weight is 204 g/mol. The molecule has 0 aliphatic heterocycles. The third kappa shape index (κ3) is 1.82. The Morgan fingerprint density at radius 3 is 2.87 bits per heavy atom. The third-order valence-corrected chi connectivity index (χ3v) is 3.20. The molecule has 15 heavy (non-hydrogen) atoms. The van der Waals surface area contributed by atoms with E-state index in [1.165, 1.54) is 0 Å². The summed E-state index contributed by atoms with van der Waals surface area (Å²) < 4.78 is 0. The molecule has 1 aromatic carbocycles. The maximum atomic E-state index is 11.2. The van der Waals surface area contributed by atoms with Gasteiger partial charge in [0.05, 0.1) is 5.60 Å². The number of carbonyl (C=O) groups is 1. The highest BCUT2D eigenvalue weighted by atomic mass is 16.3. The second-order valence-electron chi connectivity index (χ2n) is 4.56. The van der Waals surface area contributed by atoms with Crippen LogP contribution in [0.5, 0.6) is 0 Å². The largest absolute Gasteiger partial charge is 0.385 e. The van der Waals surface area contributed by atoms with E-state index in [1.54, 1.807) is 13.0 Å². The van der Waals surface area contributed by atoms with Gasteiger partial charge < -0.3 is 5.11 Å². The van der Waals surface area contributed by atoms with Crippen molar-refractivity contribution >= 4 is 5.78 Å². The summed E-state index contributed by atoms with van der Waals surface area (Å²) >= 11 is 0. The second kappa shape index (κ2) is 3.46. The van der Waals surface area contributed by atoms with Gasteiger partial charge in [0.15, 0.2) is 5.78 Å². The normalized spacial score (nSPS) is 24.7. The molecule has 0 aromatic heterocycles. The van der Waals surface area contributed by atoms with Gasteiger partial charge in [-0.15, -0.1) is 0 Å². The third-order valence-electron chi connectivity index (χ3n) is 3.20. The van der Waals surface area contributed by atoms with E-state index in [4.69, 9.17) is 0 Å². The highest BCUT2D eigenvalue weighted by Crippen LogP contribution is 2.35. The van der Waals surface area contributed by atoms with Gasteiger partial charge in [0, 0.05) is 5.56 Å². The molecule has 0 saturated carbocycles. The van der Waals surface area contributed by atoms with Crippen molar-refractivity contribution in [3.8, 4) is 0 Å². The molecule has 0 heterocycles. The van der Waals surface area contributed by atoms with Gasteiger partial charge in [-0.2, -0.15) is 0 Å². The Bertz CT molecular complexity index is 405. The Morgan fingerprint density at radius 1 is 1.47 bits per heavy atom. The zero-order valence-electron chi connectivity index (χ0n) is 9.21. The first-order valence-corrected chi connectivity index (χ1v) is 5.37. The lowest BCUT2D eigenvalue weighted by molar-refractivity contribution is 0.0386. The molecule has 2 heteroatoms. The molecule has 2 nitrogen and oxygen atoms in total. The van der Waals surface area contributed by atoms with Crippen LogP contribution in [0.1, 0.15) is 48.2 Å². The Labute approximate surface area is 89.9 Å². The smallest absolute Gasteiger partial charge is 0.159 e. The molecule has 0 amide bonds. The van der Waals surface area contributed by atoms with Crippen molar-refractivity contribution in [2.45, 2.75) is 38.7 Å². The van der Waals surface area contributed by atoms with Gasteiger partial charge >= 0.3 is 0 Å². The van der Waals surface area contributed by atoms with E-state index in [2.05, 4.69) is 0 Å². The lowest BCUT2D eigenvalue weighted by Gasteiger charge is -2.31. The standard InChI is InChI=1S/C13H16O2/c1-9(14)10-5-6-12-11(8-10)4-3-7-13(12,2)15/h5-6,8,15H,3-4,7H2,1-2H3/t13-/m0/s1. The molecule has 0 radical (unpaired) electrons. The summed E-state index contributed by atoms with van der Waals surface area (Å²) in [5.74, 6) is 0.0861. The van der Waals surface area contributed by atoms with Crippen LogP contribution in [-0.2, 0) is 12.0 Å². The van der Waals surface area contributed by atoms with Gasteiger partial charge in [0.1, 0.15) is 0 Å². The minimum absolute atomic E-state index is 0.0861. The Morgan fingerprint density at radius 2 is 2.20 bits per heavy atom. The average Bonchev–Trinajstić information content (AvgIpc) is 2.16. The van der Waals surface area contributed by atoms with Crippen molar-refractivity contribution in [1.29, 1.82) is 0 Å². The van der Waals surface area contributed by atoms with Crippen molar-refractivity contribution in [1.82, 2.24) is 0 Å². The number of rotatable bonds is 1. The Hall–Kier alpha value is -1.15. The molecule has 0 bridgehead atoms. The SMILES string of the molecule is CC(=O)c1ccc2c(c1)CCC[C@]2(C)O. The summed E-state index contributed by atoms with van der Waals surface area (Å²) in [5.41, 5.74) is 2.13. The van der Waals surface area contributed by atoms with Crippen molar-refractivity contribution in [2.75, 3.05) is 0 Å². The fourth-order valence-electron chi connectivity index (χ4n) is 2.30. The van der Waals surface area contributed by atoms with Crippen LogP contribution in [0.3, 0.4) is 0 Å². The van der Waals surface area contributed by atoms with Crippen molar-refractivity contribution in [3.05, 3.63) is 34.9 Å². The van der Waals surface area contributed by atoms with E-state index in [-0.39, 0.29) is 5.78 Å². The minimum Gasteiger partial charge on any atom is -0.385 e. The number of Topliss-reactive ketones (excluding diaryl/α,β-unsaturated/α-hetero) is 1. The van der Waals surface area contributed by atoms with Gasteiger partial charge in [-0.05, 0) is 50.3 Å². The molecule has 1 aromatic rings.